The number of nitrogens with one attached hydrogen (secondary N) is 2. The molecule has 0 saturated carbocycles. The predicted octanol–water partition coefficient (Wildman–Crippen LogP) is 3.57. The summed E-state index contributed by atoms with van der Waals surface area (Å²) >= 11 is 5.12. The van der Waals surface area contributed by atoms with Crippen LogP contribution in [-0.4, -0.2) is 33.7 Å². The molecule has 1 fully saturated rings. The fourth-order valence-corrected chi connectivity index (χ4v) is 2.79. The van der Waals surface area contributed by atoms with Gasteiger partial charge in [0, 0.05) is 24.7 Å². The molecule has 9 heteroatoms. The van der Waals surface area contributed by atoms with E-state index in [1.807, 2.05) is 25.7 Å². The molecule has 2 N–H and O–H groups in total. The smallest absolute Gasteiger partial charge is 0.358 e. The van der Waals surface area contributed by atoms with Crippen molar-refractivity contribution in [3.8, 4) is 0 Å². The molecule has 0 atom stereocenters. The Kier molecular flexibility index (Phi) is 5.52. The molecule has 2 rings (SSSR count). The first-order valence-corrected chi connectivity index (χ1v) is 8.26. The highest BCUT2D eigenvalue weighted by Gasteiger charge is 2.34. The van der Waals surface area contributed by atoms with E-state index >= 15 is 0 Å². The minimum atomic E-state index is -4.54. The van der Waals surface area contributed by atoms with Gasteiger partial charge in [0.05, 0.1) is 0 Å². The van der Waals surface area contributed by atoms with Crippen molar-refractivity contribution in [1.82, 2.24) is 15.3 Å². The number of hydrogen-bond acceptors (Lipinski definition) is 4. The molecule has 5 nitrogen and oxygen atoms in total. The van der Waals surface area contributed by atoms with Crippen molar-refractivity contribution >= 4 is 29.1 Å². The van der Waals surface area contributed by atoms with Gasteiger partial charge < -0.3 is 15.5 Å². The average Bonchev–Trinajstić information content (AvgIpc) is 2.45. The molecule has 0 radical (unpaired) electrons. The van der Waals surface area contributed by atoms with Gasteiger partial charge in [-0.15, -0.1) is 0 Å². The number of thiocarbonyl (C=S) groups is 1. The van der Waals surface area contributed by atoms with E-state index in [-0.39, 0.29) is 22.4 Å². The van der Waals surface area contributed by atoms with Crippen molar-refractivity contribution < 1.29 is 13.2 Å². The van der Waals surface area contributed by atoms with E-state index in [1.54, 1.807) is 0 Å². The number of nitrogens with zero attached hydrogens (tertiary/aromatic N) is 3. The van der Waals surface area contributed by atoms with Crippen molar-refractivity contribution in [1.29, 1.82) is 0 Å². The molecule has 134 valence electrons. The first kappa shape index (κ1) is 18.7. The van der Waals surface area contributed by atoms with E-state index in [2.05, 4.69) is 20.6 Å². The summed E-state index contributed by atoms with van der Waals surface area (Å²) in [4.78, 5) is 9.64. The quantitative estimate of drug-likeness (QED) is 0.786. The van der Waals surface area contributed by atoms with E-state index in [0.29, 0.717) is 13.1 Å². The molecule has 1 saturated heterocycles. The van der Waals surface area contributed by atoms with Crippen molar-refractivity contribution in [3.05, 3.63) is 11.8 Å². The molecule has 0 unspecified atom stereocenters. The largest absolute Gasteiger partial charge is 0.433 e. The van der Waals surface area contributed by atoms with E-state index < -0.39 is 11.9 Å². The van der Waals surface area contributed by atoms with Gasteiger partial charge in [-0.05, 0) is 52.3 Å². The van der Waals surface area contributed by atoms with E-state index in [4.69, 9.17) is 12.2 Å². The monoisotopic (exact) mass is 361 g/mol. The zero-order chi connectivity index (χ0) is 18.0. The molecule has 1 aliphatic rings. The molecule has 0 bridgehead atoms. The van der Waals surface area contributed by atoms with Gasteiger partial charge in [0.15, 0.2) is 10.8 Å². The molecule has 24 heavy (non-hydrogen) atoms. The van der Waals surface area contributed by atoms with Crippen LogP contribution in [-0.2, 0) is 6.18 Å². The molecular formula is C15H22F3N5S. The van der Waals surface area contributed by atoms with E-state index in [0.717, 1.165) is 25.3 Å². The second kappa shape index (κ2) is 7.08. The van der Waals surface area contributed by atoms with Gasteiger partial charge >= 0.3 is 6.18 Å². The third-order valence-electron chi connectivity index (χ3n) is 3.40. The molecule has 0 spiro atoms. The summed E-state index contributed by atoms with van der Waals surface area (Å²) < 4.78 is 39.4. The average molecular weight is 361 g/mol. The Labute approximate surface area is 145 Å². The highest BCUT2D eigenvalue weighted by Crippen LogP contribution is 2.31. The van der Waals surface area contributed by atoms with Crippen LogP contribution in [0.15, 0.2) is 6.07 Å². The Morgan fingerprint density at radius 2 is 1.75 bits per heavy atom. The highest BCUT2D eigenvalue weighted by molar-refractivity contribution is 7.80. The van der Waals surface area contributed by atoms with Gasteiger partial charge in [-0.3, -0.25) is 0 Å². The Morgan fingerprint density at radius 3 is 2.29 bits per heavy atom. The predicted molar refractivity (Wildman–Crippen MR) is 92.2 cm³/mol. The van der Waals surface area contributed by atoms with Gasteiger partial charge in [-0.1, -0.05) is 0 Å². The number of alkyl halides is 3. The van der Waals surface area contributed by atoms with Gasteiger partial charge in [0.25, 0.3) is 0 Å². The summed E-state index contributed by atoms with van der Waals surface area (Å²) in [6.07, 6.45) is -1.57. The van der Waals surface area contributed by atoms with E-state index in [1.165, 1.54) is 0 Å². The third kappa shape index (κ3) is 5.47. The van der Waals surface area contributed by atoms with E-state index in [9.17, 15) is 13.2 Å². The summed E-state index contributed by atoms with van der Waals surface area (Å²) in [5, 5.41) is 5.82. The maximum atomic E-state index is 13.1. The second-order valence-corrected chi connectivity index (χ2v) is 7.22. The number of halogens is 3. The number of aromatic nitrogens is 2. The van der Waals surface area contributed by atoms with Crippen molar-refractivity contribution in [2.45, 2.75) is 51.7 Å². The first-order chi connectivity index (χ1) is 11.0. The molecule has 1 aliphatic heterocycles. The van der Waals surface area contributed by atoms with Gasteiger partial charge in [0.2, 0.25) is 5.95 Å². The maximum absolute atomic E-state index is 13.1. The number of hydrogen-bond donors (Lipinski definition) is 2. The lowest BCUT2D eigenvalue weighted by molar-refractivity contribution is -0.141. The van der Waals surface area contributed by atoms with Crippen LogP contribution in [0.25, 0.3) is 0 Å². The topological polar surface area (TPSA) is 53.1 Å². The third-order valence-corrected chi connectivity index (χ3v) is 3.60. The fraction of sp³-hybridized carbons (Fsp3) is 0.667. The number of piperidine rings is 1. The Bertz CT molecular complexity index is 592. The molecule has 1 aromatic heterocycles. The summed E-state index contributed by atoms with van der Waals surface area (Å²) in [5.41, 5.74) is -1.29. The highest BCUT2D eigenvalue weighted by atomic mass is 32.1. The SMILES string of the molecule is CC(C)(C)NC(=S)Nc1nc(N2CCCCC2)cc(C(F)(F)F)n1. The maximum Gasteiger partial charge on any atom is 0.433 e. The minimum Gasteiger partial charge on any atom is -0.358 e. The van der Waals surface area contributed by atoms with Crippen LogP contribution < -0.4 is 15.5 Å². The van der Waals surface area contributed by atoms with Crippen LogP contribution in [0.2, 0.25) is 0 Å². The lowest BCUT2D eigenvalue weighted by Crippen LogP contribution is -2.43. The lowest BCUT2D eigenvalue weighted by atomic mass is 10.1. The van der Waals surface area contributed by atoms with Crippen molar-refractivity contribution in [2.24, 2.45) is 0 Å². The molecule has 0 aromatic carbocycles. The zero-order valence-electron chi connectivity index (χ0n) is 14.0. The Hall–Kier alpha value is -1.64. The summed E-state index contributed by atoms with van der Waals surface area (Å²) in [5.74, 6) is 0.130. The summed E-state index contributed by atoms with van der Waals surface area (Å²) in [6, 6.07) is 0.997. The van der Waals surface area contributed by atoms with Crippen LogP contribution in [0, 0.1) is 0 Å². The van der Waals surface area contributed by atoms with Crippen molar-refractivity contribution in [3.63, 3.8) is 0 Å². The summed E-state index contributed by atoms with van der Waals surface area (Å²) in [7, 11) is 0. The molecule has 1 aromatic rings. The van der Waals surface area contributed by atoms with Crippen LogP contribution in [0.4, 0.5) is 24.9 Å². The summed E-state index contributed by atoms with van der Waals surface area (Å²) in [6.45, 7) is 7.07. The first-order valence-electron chi connectivity index (χ1n) is 7.85. The normalized spacial score (nSPS) is 16.0. The molecule has 0 aliphatic carbocycles. The Balaban J connectivity index is 2.27. The molecule has 2 heterocycles. The number of anilines is 2. The van der Waals surface area contributed by atoms with Gasteiger partial charge in [-0.2, -0.15) is 18.2 Å². The van der Waals surface area contributed by atoms with Crippen LogP contribution in [0.1, 0.15) is 45.7 Å². The Morgan fingerprint density at radius 1 is 1.12 bits per heavy atom. The molecule has 0 amide bonds. The lowest BCUT2D eigenvalue weighted by Gasteiger charge is -2.28. The van der Waals surface area contributed by atoms with Crippen molar-refractivity contribution in [2.75, 3.05) is 23.3 Å². The fourth-order valence-electron chi connectivity index (χ4n) is 2.39. The second-order valence-electron chi connectivity index (χ2n) is 6.81. The zero-order valence-corrected chi connectivity index (χ0v) is 14.8. The van der Waals surface area contributed by atoms with Gasteiger partial charge in [0.1, 0.15) is 5.82 Å². The standard InChI is InChI=1S/C15H22F3N5S/c1-14(2,3)22-13(24)21-12-19-10(15(16,17)18)9-11(20-12)23-7-5-4-6-8-23/h9H,4-8H2,1-3H3,(H2,19,20,21,22,24). The van der Waals surface area contributed by atoms with Crippen LogP contribution in [0.3, 0.4) is 0 Å². The number of rotatable bonds is 2. The minimum absolute atomic E-state index is 0.146. The molecular weight excluding hydrogens is 339 g/mol. The van der Waals surface area contributed by atoms with Gasteiger partial charge in [-0.25, -0.2) is 4.98 Å². The van der Waals surface area contributed by atoms with Crippen LogP contribution in [0.5, 0.6) is 0 Å². The van der Waals surface area contributed by atoms with Crippen LogP contribution >= 0.6 is 12.2 Å².